The zero-order valence-corrected chi connectivity index (χ0v) is 12.7. The Labute approximate surface area is 129 Å². The number of rotatable bonds is 3. The first kappa shape index (κ1) is 14.1. The first-order valence-corrected chi connectivity index (χ1v) is 8.09. The maximum atomic E-state index is 9.22. The topological polar surface area (TPSA) is 43.2 Å². The lowest BCUT2D eigenvalue weighted by Gasteiger charge is -2.23. The van der Waals surface area contributed by atoms with Crippen molar-refractivity contribution in [1.29, 1.82) is 5.26 Å². The third-order valence-corrected chi connectivity index (χ3v) is 4.62. The highest BCUT2D eigenvalue weighted by molar-refractivity contribution is 7.09. The molecule has 0 spiro atoms. The fraction of sp³-hybridized carbons (Fsp3) is 0.375. The quantitative estimate of drug-likeness (QED) is 0.874. The molecule has 3 heterocycles. The van der Waals surface area contributed by atoms with Gasteiger partial charge in [0.2, 0.25) is 0 Å². The molecule has 108 valence electrons. The van der Waals surface area contributed by atoms with Gasteiger partial charge >= 0.3 is 0 Å². The van der Waals surface area contributed by atoms with Crippen molar-refractivity contribution in [2.45, 2.75) is 13.0 Å². The maximum absolute atomic E-state index is 9.22. The third kappa shape index (κ3) is 3.41. The van der Waals surface area contributed by atoms with Crippen LogP contribution in [0.1, 0.15) is 16.9 Å². The van der Waals surface area contributed by atoms with Gasteiger partial charge in [0.1, 0.15) is 11.9 Å². The summed E-state index contributed by atoms with van der Waals surface area (Å²) in [6.45, 7) is 5.03. The fourth-order valence-corrected chi connectivity index (χ4v) is 3.45. The minimum atomic E-state index is 0.671. The van der Waals surface area contributed by atoms with Crippen molar-refractivity contribution in [2.75, 3.05) is 31.1 Å². The van der Waals surface area contributed by atoms with Gasteiger partial charge < -0.3 is 4.90 Å². The van der Waals surface area contributed by atoms with Gasteiger partial charge in [0.05, 0.1) is 5.56 Å². The second-order valence-corrected chi connectivity index (χ2v) is 6.21. The van der Waals surface area contributed by atoms with E-state index in [2.05, 4.69) is 38.4 Å². The summed E-state index contributed by atoms with van der Waals surface area (Å²) in [5, 5.41) is 11.3. The number of pyridine rings is 1. The maximum Gasteiger partial charge on any atom is 0.146 e. The number of nitrogens with zero attached hydrogens (tertiary/aromatic N) is 4. The van der Waals surface area contributed by atoms with E-state index in [4.69, 9.17) is 0 Å². The van der Waals surface area contributed by atoms with Gasteiger partial charge in [-0.2, -0.15) is 5.26 Å². The van der Waals surface area contributed by atoms with Crippen LogP contribution in [-0.2, 0) is 6.54 Å². The van der Waals surface area contributed by atoms with E-state index >= 15 is 0 Å². The second kappa shape index (κ2) is 6.70. The van der Waals surface area contributed by atoms with Crippen LogP contribution in [0, 0.1) is 11.3 Å². The summed E-state index contributed by atoms with van der Waals surface area (Å²) in [4.78, 5) is 10.5. The minimum Gasteiger partial charge on any atom is -0.354 e. The predicted molar refractivity (Wildman–Crippen MR) is 85.4 cm³/mol. The number of anilines is 1. The molecule has 0 atom stereocenters. The Morgan fingerprint density at radius 1 is 1.19 bits per heavy atom. The van der Waals surface area contributed by atoms with Gasteiger partial charge in [-0.05, 0) is 30.0 Å². The number of aromatic nitrogens is 1. The molecule has 1 saturated heterocycles. The Hall–Kier alpha value is -1.90. The van der Waals surface area contributed by atoms with Crippen LogP contribution in [0.25, 0.3) is 0 Å². The largest absolute Gasteiger partial charge is 0.354 e. The number of thiophene rings is 1. The Bertz CT molecular complexity index is 617. The van der Waals surface area contributed by atoms with E-state index in [-0.39, 0.29) is 0 Å². The van der Waals surface area contributed by atoms with E-state index in [0.717, 1.165) is 45.0 Å². The Kier molecular flexibility index (Phi) is 4.49. The Morgan fingerprint density at radius 2 is 2.14 bits per heavy atom. The molecule has 2 aromatic rings. The van der Waals surface area contributed by atoms with Gasteiger partial charge in [0.15, 0.2) is 0 Å². The molecule has 0 aliphatic carbocycles. The van der Waals surface area contributed by atoms with Gasteiger partial charge in [-0.25, -0.2) is 4.98 Å². The molecular weight excluding hydrogens is 280 g/mol. The standard InChI is InChI=1S/C16H18N4S/c17-12-14-4-1-6-18-16(14)20-8-3-7-19(9-10-20)13-15-5-2-11-21-15/h1-2,4-6,11H,3,7-10,13H2. The molecule has 0 radical (unpaired) electrons. The Balaban J connectivity index is 1.67. The van der Waals surface area contributed by atoms with Crippen molar-refractivity contribution in [3.05, 3.63) is 46.3 Å². The molecule has 0 aromatic carbocycles. The number of nitriles is 1. The van der Waals surface area contributed by atoms with Crippen molar-refractivity contribution in [3.8, 4) is 6.07 Å². The summed E-state index contributed by atoms with van der Waals surface area (Å²) < 4.78 is 0. The van der Waals surface area contributed by atoms with Gasteiger partial charge in [0.25, 0.3) is 0 Å². The molecule has 0 saturated carbocycles. The molecule has 1 fully saturated rings. The smallest absolute Gasteiger partial charge is 0.146 e. The molecule has 5 heteroatoms. The SMILES string of the molecule is N#Cc1cccnc1N1CCCN(Cc2cccs2)CC1. The van der Waals surface area contributed by atoms with Crippen LogP contribution in [-0.4, -0.2) is 36.1 Å². The summed E-state index contributed by atoms with van der Waals surface area (Å²) in [5.41, 5.74) is 0.671. The normalized spacial score (nSPS) is 16.4. The van der Waals surface area contributed by atoms with Crippen LogP contribution in [0.2, 0.25) is 0 Å². The van der Waals surface area contributed by atoms with Gasteiger partial charge in [-0.1, -0.05) is 6.07 Å². The monoisotopic (exact) mass is 298 g/mol. The molecule has 0 N–H and O–H groups in total. The summed E-state index contributed by atoms with van der Waals surface area (Å²) in [5.74, 6) is 0.831. The molecule has 2 aromatic heterocycles. The fourth-order valence-electron chi connectivity index (χ4n) is 2.70. The van der Waals surface area contributed by atoms with Crippen molar-refractivity contribution in [2.24, 2.45) is 0 Å². The predicted octanol–water partition coefficient (Wildman–Crippen LogP) is 2.73. The highest BCUT2D eigenvalue weighted by atomic mass is 32.1. The van der Waals surface area contributed by atoms with Crippen LogP contribution in [0.5, 0.6) is 0 Å². The van der Waals surface area contributed by atoms with Crippen LogP contribution in [0.3, 0.4) is 0 Å². The average molecular weight is 298 g/mol. The van der Waals surface area contributed by atoms with Crippen LogP contribution < -0.4 is 4.90 Å². The van der Waals surface area contributed by atoms with E-state index in [1.54, 1.807) is 6.20 Å². The van der Waals surface area contributed by atoms with E-state index in [1.165, 1.54) is 4.88 Å². The molecule has 4 nitrogen and oxygen atoms in total. The minimum absolute atomic E-state index is 0.671. The van der Waals surface area contributed by atoms with Crippen molar-refractivity contribution in [1.82, 2.24) is 9.88 Å². The molecule has 21 heavy (non-hydrogen) atoms. The number of hydrogen-bond donors (Lipinski definition) is 0. The third-order valence-electron chi connectivity index (χ3n) is 3.75. The molecule has 1 aliphatic heterocycles. The molecular formula is C16H18N4S. The van der Waals surface area contributed by atoms with Crippen molar-refractivity contribution < 1.29 is 0 Å². The summed E-state index contributed by atoms with van der Waals surface area (Å²) in [7, 11) is 0. The van der Waals surface area contributed by atoms with Crippen molar-refractivity contribution in [3.63, 3.8) is 0 Å². The molecule has 0 unspecified atom stereocenters. The van der Waals surface area contributed by atoms with Crippen LogP contribution in [0.4, 0.5) is 5.82 Å². The van der Waals surface area contributed by atoms with Gasteiger partial charge in [-0.15, -0.1) is 11.3 Å². The Morgan fingerprint density at radius 3 is 2.95 bits per heavy atom. The lowest BCUT2D eigenvalue weighted by Crippen LogP contribution is -2.31. The molecule has 0 amide bonds. The first-order valence-electron chi connectivity index (χ1n) is 7.21. The molecule has 0 bridgehead atoms. The van der Waals surface area contributed by atoms with Crippen LogP contribution in [0.15, 0.2) is 35.8 Å². The highest BCUT2D eigenvalue weighted by Crippen LogP contribution is 2.19. The second-order valence-electron chi connectivity index (χ2n) is 5.18. The van der Waals surface area contributed by atoms with Crippen LogP contribution >= 0.6 is 11.3 Å². The van der Waals surface area contributed by atoms with Gasteiger partial charge in [-0.3, -0.25) is 4.90 Å². The summed E-state index contributed by atoms with van der Waals surface area (Å²) >= 11 is 1.82. The molecule has 3 rings (SSSR count). The summed E-state index contributed by atoms with van der Waals surface area (Å²) in [6.07, 6.45) is 2.87. The van der Waals surface area contributed by atoms with E-state index in [9.17, 15) is 5.26 Å². The average Bonchev–Trinajstić information content (AvgIpc) is 2.92. The lowest BCUT2D eigenvalue weighted by atomic mass is 10.2. The summed E-state index contributed by atoms with van der Waals surface area (Å²) in [6, 6.07) is 10.2. The first-order chi connectivity index (χ1) is 10.4. The van der Waals surface area contributed by atoms with E-state index < -0.39 is 0 Å². The molecule has 1 aliphatic rings. The lowest BCUT2D eigenvalue weighted by molar-refractivity contribution is 0.288. The zero-order chi connectivity index (χ0) is 14.5. The van der Waals surface area contributed by atoms with E-state index in [1.807, 2.05) is 23.5 Å². The number of hydrogen-bond acceptors (Lipinski definition) is 5. The zero-order valence-electron chi connectivity index (χ0n) is 11.9. The van der Waals surface area contributed by atoms with Crippen molar-refractivity contribution >= 4 is 17.2 Å². The van der Waals surface area contributed by atoms with E-state index in [0.29, 0.717) is 5.56 Å². The highest BCUT2D eigenvalue weighted by Gasteiger charge is 2.18. The van der Waals surface area contributed by atoms with Gasteiger partial charge in [0, 0.05) is 43.8 Å².